The van der Waals surface area contributed by atoms with Gasteiger partial charge in [0.25, 0.3) is 5.91 Å². The molecule has 0 aliphatic rings. The lowest BCUT2D eigenvalue weighted by atomic mass is 10.0. The summed E-state index contributed by atoms with van der Waals surface area (Å²) < 4.78 is 17.0. The summed E-state index contributed by atoms with van der Waals surface area (Å²) in [7, 11) is 0.564. The standard InChI is InChI=1S/C24H21N3O3S/c1-30-18-5-3-4-17(13-18)27-23-20-12-16(15-6-9-19(10-7-15)31(2)29)8-11-22(20)26-14-21(23)24(25)28/h3-14H,1-2H3,(H2,25,28)(H,26,27). The second kappa shape index (κ2) is 8.57. The number of nitrogens with one attached hydrogen (secondary N) is 1. The smallest absolute Gasteiger partial charge is 0.252 e. The molecule has 3 aromatic carbocycles. The fraction of sp³-hybridized carbons (Fsp3) is 0.0833. The van der Waals surface area contributed by atoms with Crippen LogP contribution in [0.15, 0.2) is 77.8 Å². The summed E-state index contributed by atoms with van der Waals surface area (Å²) >= 11 is 0. The molecular weight excluding hydrogens is 410 g/mol. The van der Waals surface area contributed by atoms with Crippen LogP contribution in [0.2, 0.25) is 0 Å². The number of aromatic nitrogens is 1. The first-order chi connectivity index (χ1) is 15.0. The molecule has 0 fully saturated rings. The van der Waals surface area contributed by atoms with Gasteiger partial charge in [-0.05, 0) is 47.5 Å². The van der Waals surface area contributed by atoms with Crippen LogP contribution in [0, 0.1) is 0 Å². The van der Waals surface area contributed by atoms with E-state index in [0.717, 1.165) is 32.6 Å². The van der Waals surface area contributed by atoms with Gasteiger partial charge in [-0.25, -0.2) is 0 Å². The number of nitrogens with two attached hydrogens (primary N) is 1. The molecule has 1 aromatic heterocycles. The highest BCUT2D eigenvalue weighted by atomic mass is 32.2. The van der Waals surface area contributed by atoms with Gasteiger partial charge in [0.05, 0.1) is 23.9 Å². The van der Waals surface area contributed by atoms with E-state index in [0.29, 0.717) is 17.0 Å². The molecule has 1 heterocycles. The number of fused-ring (bicyclic) bond motifs is 1. The van der Waals surface area contributed by atoms with Crippen molar-refractivity contribution in [1.82, 2.24) is 4.98 Å². The van der Waals surface area contributed by atoms with Crippen LogP contribution in [0.3, 0.4) is 0 Å². The van der Waals surface area contributed by atoms with E-state index in [4.69, 9.17) is 10.5 Å². The minimum atomic E-state index is -1.04. The lowest BCUT2D eigenvalue weighted by molar-refractivity contribution is 0.100. The summed E-state index contributed by atoms with van der Waals surface area (Å²) in [6, 6.07) is 20.8. The number of hydrogen-bond acceptors (Lipinski definition) is 5. The van der Waals surface area contributed by atoms with Crippen molar-refractivity contribution in [1.29, 1.82) is 0 Å². The molecule has 4 rings (SSSR count). The number of nitrogens with zero attached hydrogens (tertiary/aromatic N) is 1. The zero-order chi connectivity index (χ0) is 22.0. The number of hydrogen-bond donors (Lipinski definition) is 2. The highest BCUT2D eigenvalue weighted by Crippen LogP contribution is 2.33. The Bertz CT molecular complexity index is 1300. The molecule has 6 nitrogen and oxygen atoms in total. The van der Waals surface area contributed by atoms with Crippen LogP contribution in [0.25, 0.3) is 22.0 Å². The summed E-state index contributed by atoms with van der Waals surface area (Å²) in [6.45, 7) is 0. The van der Waals surface area contributed by atoms with Gasteiger partial charge < -0.3 is 15.8 Å². The van der Waals surface area contributed by atoms with Crippen LogP contribution in [-0.2, 0) is 10.8 Å². The maximum Gasteiger partial charge on any atom is 0.252 e. The van der Waals surface area contributed by atoms with E-state index in [1.54, 1.807) is 13.4 Å². The van der Waals surface area contributed by atoms with Gasteiger partial charge in [0, 0.05) is 45.3 Å². The Morgan fingerprint density at radius 3 is 2.45 bits per heavy atom. The van der Waals surface area contributed by atoms with Crippen molar-refractivity contribution in [3.05, 3.63) is 78.5 Å². The average Bonchev–Trinajstić information content (AvgIpc) is 2.79. The molecule has 0 aliphatic carbocycles. The minimum absolute atomic E-state index is 0.296. The molecular formula is C24H21N3O3S. The maximum atomic E-state index is 12.1. The minimum Gasteiger partial charge on any atom is -0.497 e. The monoisotopic (exact) mass is 431 g/mol. The zero-order valence-electron chi connectivity index (χ0n) is 17.1. The van der Waals surface area contributed by atoms with Crippen LogP contribution < -0.4 is 15.8 Å². The molecule has 0 saturated heterocycles. The largest absolute Gasteiger partial charge is 0.497 e. The molecule has 1 atom stereocenters. The van der Waals surface area contributed by atoms with E-state index in [-0.39, 0.29) is 0 Å². The quantitative estimate of drug-likeness (QED) is 0.469. The number of rotatable bonds is 6. The Labute approximate surface area is 182 Å². The highest BCUT2D eigenvalue weighted by molar-refractivity contribution is 7.84. The number of carbonyl (C=O) groups excluding carboxylic acids is 1. The molecule has 156 valence electrons. The SMILES string of the molecule is COc1cccc(Nc2c(C(N)=O)cnc3ccc(-c4ccc(S(C)=O)cc4)cc23)c1. The topological polar surface area (TPSA) is 94.3 Å². The third-order valence-corrected chi connectivity index (χ3v) is 5.93. The molecule has 0 bridgehead atoms. The molecule has 0 saturated carbocycles. The van der Waals surface area contributed by atoms with Crippen molar-refractivity contribution in [3.63, 3.8) is 0 Å². The second-order valence-electron chi connectivity index (χ2n) is 6.98. The van der Waals surface area contributed by atoms with E-state index < -0.39 is 16.7 Å². The molecule has 4 aromatic rings. The first kappa shape index (κ1) is 20.6. The van der Waals surface area contributed by atoms with Gasteiger partial charge in [0.2, 0.25) is 0 Å². The van der Waals surface area contributed by atoms with Gasteiger partial charge in [-0.2, -0.15) is 0 Å². The number of pyridine rings is 1. The Balaban J connectivity index is 1.85. The van der Waals surface area contributed by atoms with E-state index in [2.05, 4.69) is 10.3 Å². The van der Waals surface area contributed by atoms with Crippen molar-refractivity contribution >= 4 is 39.0 Å². The third-order valence-electron chi connectivity index (χ3n) is 4.99. The number of amides is 1. The lowest BCUT2D eigenvalue weighted by Gasteiger charge is -2.15. The van der Waals surface area contributed by atoms with Crippen LogP contribution in [0.5, 0.6) is 5.75 Å². The normalized spacial score (nSPS) is 11.8. The number of carbonyl (C=O) groups is 1. The van der Waals surface area contributed by atoms with Crippen molar-refractivity contribution in [2.24, 2.45) is 5.73 Å². The molecule has 1 amide bonds. The Hall–Kier alpha value is -3.71. The molecule has 31 heavy (non-hydrogen) atoms. The van der Waals surface area contributed by atoms with Crippen LogP contribution in [-0.4, -0.2) is 28.5 Å². The number of anilines is 2. The van der Waals surface area contributed by atoms with Crippen molar-refractivity contribution in [2.45, 2.75) is 4.90 Å². The number of ether oxygens (including phenoxy) is 1. The van der Waals surface area contributed by atoms with Gasteiger partial charge >= 0.3 is 0 Å². The van der Waals surface area contributed by atoms with E-state index in [1.807, 2.05) is 66.7 Å². The fourth-order valence-corrected chi connectivity index (χ4v) is 3.90. The highest BCUT2D eigenvalue weighted by Gasteiger charge is 2.15. The Morgan fingerprint density at radius 2 is 1.77 bits per heavy atom. The number of primary amides is 1. The fourth-order valence-electron chi connectivity index (χ4n) is 3.38. The summed E-state index contributed by atoms with van der Waals surface area (Å²) in [5.41, 5.74) is 9.91. The summed E-state index contributed by atoms with van der Waals surface area (Å²) in [5.74, 6) is 0.123. The molecule has 3 N–H and O–H groups in total. The summed E-state index contributed by atoms with van der Waals surface area (Å²) in [4.78, 5) is 17.3. The first-order valence-corrected chi connectivity index (χ1v) is 11.1. The van der Waals surface area contributed by atoms with Gasteiger partial charge in [0.15, 0.2) is 0 Å². The predicted octanol–water partition coefficient (Wildman–Crippen LogP) is 4.49. The van der Waals surface area contributed by atoms with Gasteiger partial charge in [-0.3, -0.25) is 14.0 Å². The number of methoxy groups -OCH3 is 1. The van der Waals surface area contributed by atoms with E-state index >= 15 is 0 Å². The molecule has 1 unspecified atom stereocenters. The Kier molecular flexibility index (Phi) is 5.68. The van der Waals surface area contributed by atoms with Gasteiger partial charge in [-0.15, -0.1) is 0 Å². The van der Waals surface area contributed by atoms with Crippen molar-refractivity contribution in [3.8, 4) is 16.9 Å². The summed E-state index contributed by atoms with van der Waals surface area (Å²) in [5, 5.41) is 4.08. The first-order valence-electron chi connectivity index (χ1n) is 9.54. The average molecular weight is 432 g/mol. The molecule has 7 heteroatoms. The molecule has 0 spiro atoms. The second-order valence-corrected chi connectivity index (χ2v) is 8.36. The van der Waals surface area contributed by atoms with Crippen LogP contribution >= 0.6 is 0 Å². The molecule has 0 aliphatic heterocycles. The third kappa shape index (κ3) is 4.27. The van der Waals surface area contributed by atoms with Crippen LogP contribution in [0.4, 0.5) is 11.4 Å². The lowest BCUT2D eigenvalue weighted by Crippen LogP contribution is -2.14. The van der Waals surface area contributed by atoms with E-state index in [1.165, 1.54) is 6.20 Å². The van der Waals surface area contributed by atoms with Crippen LogP contribution in [0.1, 0.15) is 10.4 Å². The van der Waals surface area contributed by atoms with Gasteiger partial charge in [0.1, 0.15) is 5.75 Å². The zero-order valence-corrected chi connectivity index (χ0v) is 17.9. The van der Waals surface area contributed by atoms with Crippen molar-refractivity contribution in [2.75, 3.05) is 18.7 Å². The summed E-state index contributed by atoms with van der Waals surface area (Å²) in [6.07, 6.45) is 3.14. The molecule has 0 radical (unpaired) electrons. The van der Waals surface area contributed by atoms with E-state index in [9.17, 15) is 9.00 Å². The van der Waals surface area contributed by atoms with Gasteiger partial charge in [-0.1, -0.05) is 24.3 Å². The van der Waals surface area contributed by atoms with Crippen molar-refractivity contribution < 1.29 is 13.7 Å². The predicted molar refractivity (Wildman–Crippen MR) is 124 cm³/mol. The maximum absolute atomic E-state index is 12.1. The Morgan fingerprint density at radius 1 is 1.03 bits per heavy atom. The number of benzene rings is 3.